The number of nitrogens with one attached hydrogen (secondary N) is 1. The van der Waals surface area contributed by atoms with Gasteiger partial charge < -0.3 is 10.1 Å². The molecule has 0 atom stereocenters. The summed E-state index contributed by atoms with van der Waals surface area (Å²) in [4.78, 5) is 15.4. The molecule has 0 bridgehead atoms. The summed E-state index contributed by atoms with van der Waals surface area (Å²) >= 11 is 1.61. The molecular weight excluding hydrogens is 248 g/mol. The topological polar surface area (TPSA) is 51.2 Å². The van der Waals surface area contributed by atoms with Crippen molar-refractivity contribution >= 4 is 17.2 Å². The first-order chi connectivity index (χ1) is 8.69. The maximum Gasteiger partial charge on any atom is 0.257 e. The van der Waals surface area contributed by atoms with E-state index in [1.807, 2.05) is 36.6 Å². The van der Waals surface area contributed by atoms with E-state index in [-0.39, 0.29) is 12.5 Å². The first-order valence-corrected chi connectivity index (χ1v) is 6.43. The van der Waals surface area contributed by atoms with Gasteiger partial charge in [0.15, 0.2) is 6.61 Å². The molecule has 2 rings (SSSR count). The van der Waals surface area contributed by atoms with Gasteiger partial charge in [0, 0.05) is 23.7 Å². The van der Waals surface area contributed by atoms with Crippen molar-refractivity contribution in [3.63, 3.8) is 0 Å². The molecule has 1 aromatic carbocycles. The maximum atomic E-state index is 11.0. The lowest BCUT2D eigenvalue weighted by atomic mass is 10.2. The molecule has 4 nitrogen and oxygen atoms in total. The van der Waals surface area contributed by atoms with E-state index in [4.69, 9.17) is 4.74 Å². The van der Waals surface area contributed by atoms with E-state index in [2.05, 4.69) is 10.3 Å². The number of likely N-dealkylation sites (N-methyl/N-ethyl adjacent to an activating group) is 1. The Morgan fingerprint density at radius 3 is 2.67 bits per heavy atom. The van der Waals surface area contributed by atoms with Crippen molar-refractivity contribution in [2.75, 3.05) is 13.7 Å². The fourth-order valence-electron chi connectivity index (χ4n) is 1.40. The summed E-state index contributed by atoms with van der Waals surface area (Å²) < 4.78 is 5.33. The third-order valence-corrected chi connectivity index (χ3v) is 3.38. The molecule has 0 aliphatic heterocycles. The summed E-state index contributed by atoms with van der Waals surface area (Å²) in [6, 6.07) is 7.57. The number of nitrogens with zero attached hydrogens (tertiary/aromatic N) is 1. The number of amides is 1. The minimum atomic E-state index is -0.144. The molecule has 0 saturated heterocycles. The number of hydrogen-bond donors (Lipinski definition) is 1. The lowest BCUT2D eigenvalue weighted by Gasteiger charge is -2.05. The number of rotatable bonds is 4. The second-order valence-corrected chi connectivity index (χ2v) is 4.64. The Kier molecular flexibility index (Phi) is 3.94. The molecule has 0 aliphatic rings. The quantitative estimate of drug-likeness (QED) is 0.919. The molecular formula is C13H14N2O2S. The van der Waals surface area contributed by atoms with Gasteiger partial charge in [-0.2, -0.15) is 0 Å². The highest BCUT2D eigenvalue weighted by molar-refractivity contribution is 7.13. The van der Waals surface area contributed by atoms with Crippen molar-refractivity contribution in [3.8, 4) is 16.3 Å². The monoisotopic (exact) mass is 262 g/mol. The van der Waals surface area contributed by atoms with Crippen LogP contribution in [0.2, 0.25) is 0 Å². The molecule has 0 unspecified atom stereocenters. The number of thiazole rings is 1. The number of hydrogen-bond acceptors (Lipinski definition) is 4. The van der Waals surface area contributed by atoms with E-state index >= 15 is 0 Å². The molecule has 1 N–H and O–H groups in total. The average molecular weight is 262 g/mol. The number of carbonyl (C=O) groups is 1. The van der Waals surface area contributed by atoms with Crippen molar-refractivity contribution < 1.29 is 9.53 Å². The maximum absolute atomic E-state index is 11.0. The van der Waals surface area contributed by atoms with Gasteiger partial charge in [-0.15, -0.1) is 11.3 Å². The Hall–Kier alpha value is -1.88. The number of benzene rings is 1. The Balaban J connectivity index is 2.03. The van der Waals surface area contributed by atoms with Gasteiger partial charge in [0.25, 0.3) is 5.91 Å². The predicted molar refractivity (Wildman–Crippen MR) is 71.8 cm³/mol. The lowest BCUT2D eigenvalue weighted by Crippen LogP contribution is -2.24. The number of aryl methyl sites for hydroxylation is 1. The summed E-state index contributed by atoms with van der Waals surface area (Å²) in [5.74, 6) is 0.533. The molecule has 1 heterocycles. The fourth-order valence-corrected chi connectivity index (χ4v) is 2.21. The zero-order valence-electron chi connectivity index (χ0n) is 10.3. The molecule has 94 valence electrons. The first kappa shape index (κ1) is 12.6. The van der Waals surface area contributed by atoms with Gasteiger partial charge in [-0.3, -0.25) is 4.79 Å². The Labute approximate surface area is 110 Å². The predicted octanol–water partition coefficient (Wildman–Crippen LogP) is 2.24. The van der Waals surface area contributed by atoms with Crippen LogP contribution >= 0.6 is 11.3 Å². The van der Waals surface area contributed by atoms with E-state index in [9.17, 15) is 4.79 Å². The Morgan fingerprint density at radius 1 is 1.39 bits per heavy atom. The third kappa shape index (κ3) is 3.07. The van der Waals surface area contributed by atoms with Crippen molar-refractivity contribution in [1.29, 1.82) is 0 Å². The van der Waals surface area contributed by atoms with Gasteiger partial charge in [-0.1, -0.05) is 0 Å². The molecule has 1 aromatic heterocycles. The largest absolute Gasteiger partial charge is 0.484 e. The minimum Gasteiger partial charge on any atom is -0.484 e. The van der Waals surface area contributed by atoms with Gasteiger partial charge in [0.05, 0.1) is 0 Å². The first-order valence-electron chi connectivity index (χ1n) is 5.55. The summed E-state index contributed by atoms with van der Waals surface area (Å²) in [7, 11) is 1.58. The van der Waals surface area contributed by atoms with Crippen LogP contribution in [0.15, 0.2) is 29.6 Å². The zero-order valence-corrected chi connectivity index (χ0v) is 11.1. The smallest absolute Gasteiger partial charge is 0.257 e. The van der Waals surface area contributed by atoms with Crippen molar-refractivity contribution in [2.24, 2.45) is 0 Å². The van der Waals surface area contributed by atoms with Crippen LogP contribution in [-0.4, -0.2) is 24.5 Å². The average Bonchev–Trinajstić information content (AvgIpc) is 2.83. The number of aromatic nitrogens is 1. The Bertz CT molecular complexity index is 534. The van der Waals surface area contributed by atoms with Gasteiger partial charge >= 0.3 is 0 Å². The van der Waals surface area contributed by atoms with Crippen LogP contribution in [-0.2, 0) is 4.79 Å². The standard InChI is InChI=1S/C13H14N2O2S/c1-9-8-18-13(15-9)10-3-5-11(6-4-10)17-7-12(16)14-2/h3-6,8H,7H2,1-2H3,(H,14,16). The fraction of sp³-hybridized carbons (Fsp3) is 0.231. The lowest BCUT2D eigenvalue weighted by molar-refractivity contribution is -0.122. The molecule has 0 aliphatic carbocycles. The summed E-state index contributed by atoms with van der Waals surface area (Å²) in [5, 5.41) is 5.51. The van der Waals surface area contributed by atoms with Crippen LogP contribution in [0.5, 0.6) is 5.75 Å². The van der Waals surface area contributed by atoms with E-state index in [0.29, 0.717) is 5.75 Å². The molecule has 0 spiro atoms. The van der Waals surface area contributed by atoms with Gasteiger partial charge in [-0.05, 0) is 31.2 Å². The van der Waals surface area contributed by atoms with E-state index in [1.54, 1.807) is 18.4 Å². The molecule has 5 heteroatoms. The van der Waals surface area contributed by atoms with Crippen molar-refractivity contribution in [1.82, 2.24) is 10.3 Å². The van der Waals surface area contributed by atoms with Crippen LogP contribution in [0.25, 0.3) is 10.6 Å². The second kappa shape index (κ2) is 5.64. The highest BCUT2D eigenvalue weighted by Crippen LogP contribution is 2.25. The van der Waals surface area contributed by atoms with Crippen LogP contribution in [0.1, 0.15) is 5.69 Å². The van der Waals surface area contributed by atoms with Gasteiger partial charge in [0.1, 0.15) is 10.8 Å². The summed E-state index contributed by atoms with van der Waals surface area (Å²) in [5.41, 5.74) is 2.08. The van der Waals surface area contributed by atoms with Crippen LogP contribution in [0, 0.1) is 6.92 Å². The third-order valence-electron chi connectivity index (χ3n) is 2.37. The van der Waals surface area contributed by atoms with Gasteiger partial charge in [0.2, 0.25) is 0 Å². The van der Waals surface area contributed by atoms with E-state index < -0.39 is 0 Å². The van der Waals surface area contributed by atoms with Crippen LogP contribution in [0.4, 0.5) is 0 Å². The highest BCUT2D eigenvalue weighted by Gasteiger charge is 2.04. The SMILES string of the molecule is CNC(=O)COc1ccc(-c2nc(C)cs2)cc1. The van der Waals surface area contributed by atoms with E-state index in [0.717, 1.165) is 16.3 Å². The molecule has 0 fully saturated rings. The molecule has 2 aromatic rings. The normalized spacial score (nSPS) is 10.1. The number of carbonyl (C=O) groups excluding carboxylic acids is 1. The molecule has 0 saturated carbocycles. The minimum absolute atomic E-state index is 0.0339. The zero-order chi connectivity index (χ0) is 13.0. The highest BCUT2D eigenvalue weighted by atomic mass is 32.1. The summed E-state index contributed by atoms with van der Waals surface area (Å²) in [6.07, 6.45) is 0. The molecule has 1 amide bonds. The second-order valence-electron chi connectivity index (χ2n) is 3.78. The van der Waals surface area contributed by atoms with Gasteiger partial charge in [-0.25, -0.2) is 4.98 Å². The molecule has 18 heavy (non-hydrogen) atoms. The van der Waals surface area contributed by atoms with Crippen molar-refractivity contribution in [2.45, 2.75) is 6.92 Å². The van der Waals surface area contributed by atoms with Crippen molar-refractivity contribution in [3.05, 3.63) is 35.3 Å². The number of ether oxygens (including phenoxy) is 1. The van der Waals surface area contributed by atoms with Crippen LogP contribution in [0.3, 0.4) is 0 Å². The molecule has 0 radical (unpaired) electrons. The van der Waals surface area contributed by atoms with Crippen LogP contribution < -0.4 is 10.1 Å². The van der Waals surface area contributed by atoms with E-state index in [1.165, 1.54) is 0 Å². The Morgan fingerprint density at radius 2 is 2.11 bits per heavy atom. The summed E-state index contributed by atoms with van der Waals surface area (Å²) in [6.45, 7) is 2.01.